The monoisotopic (exact) mass is 481 g/mol. The Morgan fingerprint density at radius 1 is 0.943 bits per heavy atom. The van der Waals surface area contributed by atoms with Crippen LogP contribution in [-0.2, 0) is 4.79 Å². The molecule has 2 aliphatic rings. The number of ether oxygens (including phenoxy) is 6. The predicted molar refractivity (Wildman–Crippen MR) is 123 cm³/mol. The van der Waals surface area contributed by atoms with Gasteiger partial charge in [-0.3, -0.25) is 4.79 Å². The van der Waals surface area contributed by atoms with E-state index >= 15 is 0 Å². The van der Waals surface area contributed by atoms with Crippen LogP contribution in [-0.4, -0.2) is 40.1 Å². The van der Waals surface area contributed by atoms with Gasteiger partial charge in [0.15, 0.2) is 29.1 Å². The first kappa shape index (κ1) is 22.5. The Labute approximate surface area is 200 Å². The number of hydrogen-bond donors (Lipinski definition) is 1. The number of benzene rings is 2. The summed E-state index contributed by atoms with van der Waals surface area (Å²) in [4.78, 5) is 26.3. The summed E-state index contributed by atoms with van der Waals surface area (Å²) < 4.78 is 38.3. The molecule has 2 atom stereocenters. The van der Waals surface area contributed by atoms with Gasteiger partial charge >= 0.3 is 5.63 Å². The highest BCUT2D eigenvalue weighted by molar-refractivity contribution is 5.97. The lowest BCUT2D eigenvalue weighted by atomic mass is 9.88. The number of rotatable bonds is 6. The largest absolute Gasteiger partial charge is 0.493 e. The van der Waals surface area contributed by atoms with E-state index in [1.54, 1.807) is 43.3 Å². The normalized spacial score (nSPS) is 17.4. The van der Waals surface area contributed by atoms with Crippen molar-refractivity contribution in [3.05, 3.63) is 63.7 Å². The van der Waals surface area contributed by atoms with Crippen LogP contribution in [0, 0.1) is 6.92 Å². The molecule has 2 aromatic carbocycles. The van der Waals surface area contributed by atoms with E-state index in [-0.39, 0.29) is 12.4 Å². The van der Waals surface area contributed by atoms with Gasteiger partial charge < -0.3 is 38.2 Å². The van der Waals surface area contributed by atoms with E-state index in [2.05, 4.69) is 5.32 Å². The molecule has 0 unspecified atom stereocenters. The Hall–Kier alpha value is -4.34. The van der Waals surface area contributed by atoms with E-state index < -0.39 is 23.6 Å². The van der Waals surface area contributed by atoms with Crippen LogP contribution in [0.15, 0.2) is 45.6 Å². The highest BCUT2D eigenvalue weighted by atomic mass is 16.7. The van der Waals surface area contributed by atoms with Crippen molar-refractivity contribution in [3.63, 3.8) is 0 Å². The van der Waals surface area contributed by atoms with Crippen LogP contribution in [0.3, 0.4) is 0 Å². The van der Waals surface area contributed by atoms with Gasteiger partial charge in [0.2, 0.25) is 12.5 Å². The molecule has 0 spiro atoms. The number of fused-ring (bicyclic) bond motifs is 2. The van der Waals surface area contributed by atoms with Crippen molar-refractivity contribution in [1.82, 2.24) is 0 Å². The molecule has 1 aromatic heterocycles. The minimum Gasteiger partial charge on any atom is -0.493 e. The molecule has 182 valence electrons. The first-order chi connectivity index (χ1) is 16.9. The van der Waals surface area contributed by atoms with E-state index in [9.17, 15) is 9.59 Å². The Morgan fingerprint density at radius 2 is 1.66 bits per heavy atom. The van der Waals surface area contributed by atoms with Crippen LogP contribution in [0.2, 0.25) is 0 Å². The first-order valence-corrected chi connectivity index (χ1v) is 10.7. The topological polar surface area (TPSA) is 115 Å². The van der Waals surface area contributed by atoms with Crippen LogP contribution in [0.25, 0.3) is 0 Å². The Kier molecular flexibility index (Phi) is 5.64. The molecule has 0 saturated carbocycles. The number of amides is 1. The molecule has 1 amide bonds. The van der Waals surface area contributed by atoms with Crippen molar-refractivity contribution in [2.24, 2.45) is 0 Å². The number of carbonyl (C=O) groups is 1. The van der Waals surface area contributed by atoms with Gasteiger partial charge in [-0.2, -0.15) is 0 Å². The second kappa shape index (κ2) is 8.79. The highest BCUT2D eigenvalue weighted by Gasteiger charge is 2.44. The van der Waals surface area contributed by atoms with Gasteiger partial charge in [0.05, 0.1) is 32.8 Å². The number of anilines is 1. The number of methoxy groups -OCH3 is 3. The van der Waals surface area contributed by atoms with E-state index in [1.165, 1.54) is 21.3 Å². The average molecular weight is 481 g/mol. The van der Waals surface area contributed by atoms with E-state index in [0.717, 1.165) is 0 Å². The van der Waals surface area contributed by atoms with Crippen molar-refractivity contribution in [2.45, 2.75) is 18.9 Å². The van der Waals surface area contributed by atoms with Gasteiger partial charge in [0.25, 0.3) is 5.91 Å². The molecule has 2 aliphatic heterocycles. The van der Waals surface area contributed by atoms with Crippen LogP contribution in [0.1, 0.15) is 22.8 Å². The van der Waals surface area contributed by atoms with Gasteiger partial charge in [-0.1, -0.05) is 6.07 Å². The minimum absolute atomic E-state index is 0.100. The van der Waals surface area contributed by atoms with E-state index in [1.807, 2.05) is 0 Å². The number of hydrogen-bond acceptors (Lipinski definition) is 9. The zero-order valence-corrected chi connectivity index (χ0v) is 19.5. The fraction of sp³-hybridized carbons (Fsp3) is 0.280. The van der Waals surface area contributed by atoms with Gasteiger partial charge in [0, 0.05) is 23.9 Å². The summed E-state index contributed by atoms with van der Waals surface area (Å²) in [5.74, 6) is 1.72. The molecule has 0 saturated heterocycles. The molecule has 5 rings (SSSR count). The molecule has 1 N–H and O–H groups in total. The molecule has 10 nitrogen and oxygen atoms in total. The first-order valence-electron chi connectivity index (χ1n) is 10.7. The second-order valence-corrected chi connectivity index (χ2v) is 7.95. The standard InChI is InChI=1S/C25H23NO9/c1-12-7-17-21(25(28)34-12)20(13-5-6-15-16(8-13)33-11-32-15)23(35-17)24(27)26-14-9-18(29-2)22(31-4)19(10-14)30-3/h5-10,20,23H,11H2,1-4H3,(H,26,27)/t20-,23+/m1/s1. The summed E-state index contributed by atoms with van der Waals surface area (Å²) in [5.41, 5.74) is 0.746. The smallest absolute Gasteiger partial charge is 0.343 e. The third-order valence-electron chi connectivity index (χ3n) is 5.89. The summed E-state index contributed by atoms with van der Waals surface area (Å²) in [7, 11) is 4.46. The van der Waals surface area contributed by atoms with Crippen molar-refractivity contribution in [2.75, 3.05) is 33.4 Å². The summed E-state index contributed by atoms with van der Waals surface area (Å²) in [5, 5.41) is 2.84. The zero-order valence-electron chi connectivity index (χ0n) is 19.5. The maximum atomic E-state index is 13.5. The summed E-state index contributed by atoms with van der Waals surface area (Å²) in [6, 6.07) is 10.1. The molecule has 35 heavy (non-hydrogen) atoms. The SMILES string of the molecule is COc1cc(NC(=O)[C@H]2Oc3cc(C)oc(=O)c3[C@H]2c2ccc3c(c2)OCO3)cc(OC)c1OC. The molecular formula is C25H23NO9. The van der Waals surface area contributed by atoms with Crippen LogP contribution in [0.4, 0.5) is 5.69 Å². The number of carbonyl (C=O) groups excluding carboxylic acids is 1. The van der Waals surface area contributed by atoms with Crippen LogP contribution in [0.5, 0.6) is 34.5 Å². The van der Waals surface area contributed by atoms with Crippen molar-refractivity contribution < 1.29 is 37.6 Å². The summed E-state index contributed by atoms with van der Waals surface area (Å²) in [6.07, 6.45) is -1.06. The molecule has 3 aromatic rings. The van der Waals surface area contributed by atoms with Gasteiger partial charge in [-0.05, 0) is 24.6 Å². The number of aryl methyl sites for hydroxylation is 1. The Morgan fingerprint density at radius 3 is 2.34 bits per heavy atom. The van der Waals surface area contributed by atoms with Crippen LogP contribution < -0.4 is 39.4 Å². The maximum Gasteiger partial charge on any atom is 0.343 e. The highest BCUT2D eigenvalue weighted by Crippen LogP contribution is 2.45. The molecule has 0 bridgehead atoms. The lowest BCUT2D eigenvalue weighted by Gasteiger charge is -2.20. The van der Waals surface area contributed by atoms with Crippen molar-refractivity contribution in [1.29, 1.82) is 0 Å². The Bertz CT molecular complexity index is 1340. The molecule has 3 heterocycles. The Balaban J connectivity index is 1.54. The molecule has 0 aliphatic carbocycles. The van der Waals surface area contributed by atoms with Gasteiger partial charge in [0.1, 0.15) is 11.5 Å². The number of nitrogens with one attached hydrogen (secondary N) is 1. The predicted octanol–water partition coefficient (Wildman–Crippen LogP) is 3.23. The maximum absolute atomic E-state index is 13.5. The quantitative estimate of drug-likeness (QED) is 0.567. The summed E-state index contributed by atoms with van der Waals surface area (Å²) >= 11 is 0. The fourth-order valence-corrected chi connectivity index (χ4v) is 4.35. The molecule has 0 fully saturated rings. The molecular weight excluding hydrogens is 458 g/mol. The van der Waals surface area contributed by atoms with Crippen LogP contribution >= 0.6 is 0 Å². The van der Waals surface area contributed by atoms with E-state index in [0.29, 0.717) is 51.5 Å². The minimum atomic E-state index is -1.06. The average Bonchev–Trinajstić information content (AvgIpc) is 3.47. The lowest BCUT2D eigenvalue weighted by molar-refractivity contribution is -0.122. The van der Waals surface area contributed by atoms with Crippen molar-refractivity contribution >= 4 is 11.6 Å². The second-order valence-electron chi connectivity index (χ2n) is 7.95. The third-order valence-corrected chi connectivity index (χ3v) is 5.89. The molecule has 0 radical (unpaired) electrons. The van der Waals surface area contributed by atoms with Gasteiger partial charge in [-0.25, -0.2) is 4.79 Å². The van der Waals surface area contributed by atoms with Crippen molar-refractivity contribution in [3.8, 4) is 34.5 Å². The zero-order chi connectivity index (χ0) is 24.7. The van der Waals surface area contributed by atoms with Gasteiger partial charge in [-0.15, -0.1) is 0 Å². The van der Waals surface area contributed by atoms with E-state index in [4.69, 9.17) is 32.8 Å². The summed E-state index contributed by atoms with van der Waals surface area (Å²) in [6.45, 7) is 1.74. The fourth-order valence-electron chi connectivity index (χ4n) is 4.35. The molecule has 10 heteroatoms. The lowest BCUT2D eigenvalue weighted by Crippen LogP contribution is -2.35. The third kappa shape index (κ3) is 3.86.